The van der Waals surface area contributed by atoms with Crippen molar-refractivity contribution in [1.82, 2.24) is 10.2 Å². The van der Waals surface area contributed by atoms with Gasteiger partial charge in [0.1, 0.15) is 0 Å². The molecule has 0 unspecified atom stereocenters. The fourth-order valence-corrected chi connectivity index (χ4v) is 1.39. The number of nitrogens with one attached hydrogen (secondary N) is 1. The van der Waals surface area contributed by atoms with Crippen LogP contribution in [0.4, 0.5) is 0 Å². The highest BCUT2D eigenvalue weighted by Crippen LogP contribution is 2.28. The van der Waals surface area contributed by atoms with E-state index in [0.717, 1.165) is 38.6 Å². The molecular weight excluding hydrogens is 204 g/mol. The van der Waals surface area contributed by atoms with Crippen LogP contribution in [-0.2, 0) is 9.53 Å². The van der Waals surface area contributed by atoms with Gasteiger partial charge in [0.15, 0.2) is 0 Å². The number of ether oxygens (including phenoxy) is 1. The molecule has 4 nitrogen and oxygen atoms in total. The van der Waals surface area contributed by atoms with Gasteiger partial charge in [-0.3, -0.25) is 4.79 Å². The molecule has 16 heavy (non-hydrogen) atoms. The first-order chi connectivity index (χ1) is 7.70. The van der Waals surface area contributed by atoms with Gasteiger partial charge in [-0.15, -0.1) is 0 Å². The first-order valence-electron chi connectivity index (χ1n) is 6.18. The maximum atomic E-state index is 11.2. The van der Waals surface area contributed by atoms with Crippen LogP contribution in [0, 0.1) is 5.92 Å². The largest absolute Gasteiger partial charge is 0.380 e. The highest BCUT2D eigenvalue weighted by molar-refractivity contribution is 5.75. The Labute approximate surface area is 98.3 Å². The second-order valence-electron chi connectivity index (χ2n) is 4.66. The lowest BCUT2D eigenvalue weighted by molar-refractivity contribution is -0.128. The van der Waals surface area contributed by atoms with Crippen LogP contribution in [-0.4, -0.2) is 51.2 Å². The number of nitrogens with zero attached hydrogens (tertiary/aromatic N) is 1. The molecule has 0 aromatic carbocycles. The topological polar surface area (TPSA) is 41.6 Å². The van der Waals surface area contributed by atoms with Crippen LogP contribution in [0.1, 0.15) is 25.7 Å². The van der Waals surface area contributed by atoms with Crippen LogP contribution in [0.25, 0.3) is 0 Å². The van der Waals surface area contributed by atoms with Crippen LogP contribution >= 0.6 is 0 Å². The highest BCUT2D eigenvalue weighted by atomic mass is 16.5. The Morgan fingerprint density at radius 2 is 2.12 bits per heavy atom. The quantitative estimate of drug-likeness (QED) is 0.595. The van der Waals surface area contributed by atoms with Gasteiger partial charge in [0, 0.05) is 33.7 Å². The third-order valence-electron chi connectivity index (χ3n) is 2.72. The summed E-state index contributed by atoms with van der Waals surface area (Å²) < 4.78 is 5.49. The third kappa shape index (κ3) is 6.80. The summed E-state index contributed by atoms with van der Waals surface area (Å²) in [5.41, 5.74) is 0. The highest BCUT2D eigenvalue weighted by Gasteiger charge is 2.20. The molecule has 1 aliphatic rings. The second kappa shape index (κ2) is 7.63. The van der Waals surface area contributed by atoms with Crippen molar-refractivity contribution in [2.24, 2.45) is 5.92 Å². The predicted octanol–water partition coefficient (Wildman–Crippen LogP) is 0.871. The van der Waals surface area contributed by atoms with E-state index in [4.69, 9.17) is 4.74 Å². The number of hydrogen-bond acceptors (Lipinski definition) is 3. The first-order valence-corrected chi connectivity index (χ1v) is 6.18. The fourth-order valence-electron chi connectivity index (χ4n) is 1.39. The lowest BCUT2D eigenvalue weighted by Crippen LogP contribution is -2.25. The summed E-state index contributed by atoms with van der Waals surface area (Å²) in [6.07, 6.45) is 4.22. The summed E-state index contributed by atoms with van der Waals surface area (Å²) in [7, 11) is 3.59. The summed E-state index contributed by atoms with van der Waals surface area (Å²) >= 11 is 0. The second-order valence-corrected chi connectivity index (χ2v) is 4.66. The van der Waals surface area contributed by atoms with Crippen molar-refractivity contribution >= 4 is 5.91 Å². The smallest absolute Gasteiger partial charge is 0.222 e. The van der Waals surface area contributed by atoms with E-state index in [2.05, 4.69) is 5.32 Å². The molecule has 1 amide bonds. The van der Waals surface area contributed by atoms with Crippen molar-refractivity contribution in [3.8, 4) is 0 Å². The third-order valence-corrected chi connectivity index (χ3v) is 2.72. The average molecular weight is 228 g/mol. The Hall–Kier alpha value is -0.610. The summed E-state index contributed by atoms with van der Waals surface area (Å²) in [6.45, 7) is 3.51. The van der Waals surface area contributed by atoms with Gasteiger partial charge in [0.2, 0.25) is 5.91 Å². The molecule has 0 atom stereocenters. The summed E-state index contributed by atoms with van der Waals surface area (Å²) in [5, 5.41) is 3.28. The standard InChI is InChI=1S/C12H24N2O2/c1-14(2)12(15)4-3-7-13-8-9-16-10-11-5-6-11/h11,13H,3-10H2,1-2H3. The molecule has 1 aliphatic carbocycles. The van der Waals surface area contributed by atoms with E-state index in [1.54, 1.807) is 19.0 Å². The summed E-state index contributed by atoms with van der Waals surface area (Å²) in [5.74, 6) is 1.05. The van der Waals surface area contributed by atoms with Crippen LogP contribution in [0.5, 0.6) is 0 Å². The van der Waals surface area contributed by atoms with Gasteiger partial charge < -0.3 is 15.0 Å². The predicted molar refractivity (Wildman–Crippen MR) is 64.3 cm³/mol. The fraction of sp³-hybridized carbons (Fsp3) is 0.917. The molecule has 0 saturated heterocycles. The molecule has 1 N–H and O–H groups in total. The maximum Gasteiger partial charge on any atom is 0.222 e. The van der Waals surface area contributed by atoms with Crippen LogP contribution in [0.3, 0.4) is 0 Å². The molecule has 0 heterocycles. The van der Waals surface area contributed by atoms with Crippen molar-refractivity contribution in [2.75, 3.05) is 40.4 Å². The molecule has 0 radical (unpaired) electrons. The number of hydrogen-bond donors (Lipinski definition) is 1. The molecule has 0 aromatic rings. The lowest BCUT2D eigenvalue weighted by Gasteiger charge is -2.10. The molecule has 0 spiro atoms. The monoisotopic (exact) mass is 228 g/mol. The van der Waals surface area contributed by atoms with Gasteiger partial charge in [-0.25, -0.2) is 0 Å². The Bertz CT molecular complexity index is 203. The van der Waals surface area contributed by atoms with Crippen LogP contribution in [0.15, 0.2) is 0 Å². The van der Waals surface area contributed by atoms with E-state index in [9.17, 15) is 4.79 Å². The number of carbonyl (C=O) groups is 1. The molecule has 94 valence electrons. The average Bonchev–Trinajstić information content (AvgIpc) is 3.05. The molecule has 0 aliphatic heterocycles. The molecule has 0 bridgehead atoms. The maximum absolute atomic E-state index is 11.2. The Kier molecular flexibility index (Phi) is 6.42. The summed E-state index contributed by atoms with van der Waals surface area (Å²) in [6, 6.07) is 0. The Balaban J connectivity index is 1.75. The molecule has 1 fully saturated rings. The number of rotatable bonds is 9. The van der Waals surface area contributed by atoms with Crippen molar-refractivity contribution < 1.29 is 9.53 Å². The van der Waals surface area contributed by atoms with Crippen LogP contribution < -0.4 is 5.32 Å². The Morgan fingerprint density at radius 1 is 1.38 bits per heavy atom. The van der Waals surface area contributed by atoms with Gasteiger partial charge in [-0.05, 0) is 31.7 Å². The van der Waals surface area contributed by atoms with E-state index in [-0.39, 0.29) is 5.91 Å². The van der Waals surface area contributed by atoms with Gasteiger partial charge in [0.05, 0.1) is 6.61 Å². The van der Waals surface area contributed by atoms with E-state index in [1.807, 2.05) is 0 Å². The Morgan fingerprint density at radius 3 is 2.75 bits per heavy atom. The van der Waals surface area contributed by atoms with Crippen molar-refractivity contribution in [2.45, 2.75) is 25.7 Å². The van der Waals surface area contributed by atoms with Crippen molar-refractivity contribution in [3.63, 3.8) is 0 Å². The lowest BCUT2D eigenvalue weighted by atomic mass is 10.3. The zero-order valence-electron chi connectivity index (χ0n) is 10.5. The normalized spacial score (nSPS) is 15.1. The minimum Gasteiger partial charge on any atom is -0.380 e. The zero-order valence-corrected chi connectivity index (χ0v) is 10.5. The van der Waals surface area contributed by atoms with Crippen LogP contribution in [0.2, 0.25) is 0 Å². The van der Waals surface area contributed by atoms with E-state index < -0.39 is 0 Å². The van der Waals surface area contributed by atoms with Gasteiger partial charge in [-0.2, -0.15) is 0 Å². The minimum absolute atomic E-state index is 0.201. The molecule has 4 heteroatoms. The van der Waals surface area contributed by atoms with Gasteiger partial charge in [0.25, 0.3) is 0 Å². The van der Waals surface area contributed by atoms with Crippen molar-refractivity contribution in [1.29, 1.82) is 0 Å². The first kappa shape index (κ1) is 13.5. The van der Waals surface area contributed by atoms with E-state index in [1.165, 1.54) is 12.8 Å². The van der Waals surface area contributed by atoms with Gasteiger partial charge in [-0.1, -0.05) is 0 Å². The SMILES string of the molecule is CN(C)C(=O)CCCNCCOCC1CC1. The summed E-state index contributed by atoms with van der Waals surface area (Å²) in [4.78, 5) is 12.9. The minimum atomic E-state index is 0.201. The number of carbonyl (C=O) groups excluding carboxylic acids is 1. The van der Waals surface area contributed by atoms with Gasteiger partial charge >= 0.3 is 0 Å². The van der Waals surface area contributed by atoms with E-state index >= 15 is 0 Å². The molecular formula is C12H24N2O2. The molecule has 1 rings (SSSR count). The van der Waals surface area contributed by atoms with Crippen molar-refractivity contribution in [3.05, 3.63) is 0 Å². The van der Waals surface area contributed by atoms with E-state index in [0.29, 0.717) is 6.42 Å². The zero-order chi connectivity index (χ0) is 11.8. The molecule has 0 aromatic heterocycles. The number of amides is 1. The molecule has 1 saturated carbocycles.